The van der Waals surface area contributed by atoms with Crippen molar-refractivity contribution in [3.8, 4) is 11.1 Å². The van der Waals surface area contributed by atoms with Gasteiger partial charge in [0.15, 0.2) is 0 Å². The number of H-pyrrole nitrogens is 1. The van der Waals surface area contributed by atoms with Crippen LogP contribution in [0, 0.1) is 0 Å². The Morgan fingerprint density at radius 3 is 2.65 bits per heavy atom. The second kappa shape index (κ2) is 6.92. The van der Waals surface area contributed by atoms with Gasteiger partial charge in [-0.3, -0.25) is 0 Å². The molecule has 4 rings (SSSR count). The van der Waals surface area contributed by atoms with Gasteiger partial charge in [-0.2, -0.15) is 0 Å². The Morgan fingerprint density at radius 1 is 1.08 bits per heavy atom. The van der Waals surface area contributed by atoms with Crippen LogP contribution >= 0.6 is 0 Å². The summed E-state index contributed by atoms with van der Waals surface area (Å²) in [6.07, 6.45) is 4.01. The molecule has 130 valence electrons. The lowest BCUT2D eigenvalue weighted by Gasteiger charge is -2.08. The molecule has 0 amide bonds. The van der Waals surface area contributed by atoms with Crippen molar-refractivity contribution < 1.29 is 9.53 Å². The van der Waals surface area contributed by atoms with Gasteiger partial charge in [-0.25, -0.2) is 4.79 Å². The Labute approximate surface area is 152 Å². The third kappa shape index (κ3) is 3.02. The van der Waals surface area contributed by atoms with Gasteiger partial charge in [0.2, 0.25) is 0 Å². The number of rotatable bonds is 5. The summed E-state index contributed by atoms with van der Waals surface area (Å²) in [5, 5.41) is 1.14. The highest BCUT2D eigenvalue weighted by molar-refractivity contribution is 5.97. The molecule has 2 heterocycles. The molecule has 0 unspecified atom stereocenters. The summed E-state index contributed by atoms with van der Waals surface area (Å²) in [6.45, 7) is 2.80. The van der Waals surface area contributed by atoms with E-state index in [1.54, 1.807) is 0 Å². The summed E-state index contributed by atoms with van der Waals surface area (Å²) >= 11 is 0. The fourth-order valence-corrected chi connectivity index (χ4v) is 3.25. The van der Waals surface area contributed by atoms with Gasteiger partial charge in [0.1, 0.15) is 5.69 Å². The van der Waals surface area contributed by atoms with Gasteiger partial charge in [0.05, 0.1) is 6.61 Å². The van der Waals surface area contributed by atoms with E-state index >= 15 is 0 Å². The second-order valence-electron chi connectivity index (χ2n) is 6.20. The Hall–Kier alpha value is -3.27. The summed E-state index contributed by atoms with van der Waals surface area (Å²) in [5.74, 6) is -0.297. The minimum Gasteiger partial charge on any atom is -0.461 e. The molecule has 1 N–H and O–H groups in total. The van der Waals surface area contributed by atoms with E-state index in [0.717, 1.165) is 27.6 Å². The van der Waals surface area contributed by atoms with Crippen molar-refractivity contribution in [3.63, 3.8) is 0 Å². The van der Waals surface area contributed by atoms with Crippen LogP contribution in [0.4, 0.5) is 0 Å². The molecule has 0 aliphatic carbocycles. The molecule has 0 atom stereocenters. The van der Waals surface area contributed by atoms with Crippen LogP contribution in [-0.2, 0) is 11.3 Å². The molecule has 0 saturated heterocycles. The van der Waals surface area contributed by atoms with E-state index in [4.69, 9.17) is 4.74 Å². The zero-order valence-corrected chi connectivity index (χ0v) is 14.6. The maximum atomic E-state index is 12.5. The number of hydrogen-bond donors (Lipinski definition) is 1. The van der Waals surface area contributed by atoms with Gasteiger partial charge in [-0.05, 0) is 24.6 Å². The normalized spacial score (nSPS) is 11.0. The topological polar surface area (TPSA) is 47.0 Å². The number of esters is 1. The predicted octanol–water partition coefficient (Wildman–Crippen LogP) is 4.86. The van der Waals surface area contributed by atoms with Crippen LogP contribution in [0.5, 0.6) is 0 Å². The number of fused-ring (bicyclic) bond motifs is 1. The van der Waals surface area contributed by atoms with Crippen molar-refractivity contribution in [2.45, 2.75) is 13.5 Å². The number of nitrogens with zero attached hydrogens (tertiary/aromatic N) is 1. The zero-order chi connectivity index (χ0) is 17.9. The van der Waals surface area contributed by atoms with Crippen molar-refractivity contribution in [1.29, 1.82) is 0 Å². The molecule has 2 aromatic heterocycles. The second-order valence-corrected chi connectivity index (χ2v) is 6.20. The van der Waals surface area contributed by atoms with E-state index in [1.807, 2.05) is 66.3 Å². The number of nitrogens with one attached hydrogen (secondary N) is 1. The van der Waals surface area contributed by atoms with Crippen LogP contribution in [0.25, 0.3) is 22.0 Å². The summed E-state index contributed by atoms with van der Waals surface area (Å²) in [6, 6.07) is 20.2. The molecule has 0 saturated carbocycles. The first kappa shape index (κ1) is 16.2. The molecule has 4 nitrogen and oxygen atoms in total. The number of hydrogen-bond acceptors (Lipinski definition) is 2. The van der Waals surface area contributed by atoms with E-state index in [-0.39, 0.29) is 5.97 Å². The molecule has 0 spiro atoms. The monoisotopic (exact) mass is 344 g/mol. The Morgan fingerprint density at radius 2 is 1.85 bits per heavy atom. The molecule has 0 radical (unpaired) electrons. The van der Waals surface area contributed by atoms with E-state index in [2.05, 4.69) is 23.2 Å². The van der Waals surface area contributed by atoms with Gasteiger partial charge in [-0.1, -0.05) is 48.5 Å². The lowest BCUT2D eigenvalue weighted by molar-refractivity contribution is 0.0514. The highest BCUT2D eigenvalue weighted by atomic mass is 16.5. The van der Waals surface area contributed by atoms with Gasteiger partial charge in [0.25, 0.3) is 0 Å². The number of benzene rings is 2. The molecule has 4 aromatic rings. The number of carbonyl (C=O) groups is 1. The molecule has 26 heavy (non-hydrogen) atoms. The van der Waals surface area contributed by atoms with Crippen LogP contribution in [0.3, 0.4) is 0 Å². The van der Waals surface area contributed by atoms with E-state index in [0.29, 0.717) is 18.8 Å². The Bertz CT molecular complexity index is 1040. The van der Waals surface area contributed by atoms with E-state index in [9.17, 15) is 4.79 Å². The van der Waals surface area contributed by atoms with Crippen molar-refractivity contribution >= 4 is 16.9 Å². The summed E-state index contributed by atoms with van der Waals surface area (Å²) in [4.78, 5) is 15.7. The maximum Gasteiger partial charge on any atom is 0.354 e. The molecule has 0 fully saturated rings. The zero-order valence-electron chi connectivity index (χ0n) is 14.6. The number of aromatic nitrogens is 2. The lowest BCUT2D eigenvalue weighted by atomic mass is 10.1. The first-order valence-electron chi connectivity index (χ1n) is 8.74. The fraction of sp³-hybridized carbons (Fsp3) is 0.136. The van der Waals surface area contributed by atoms with Crippen LogP contribution in [0.2, 0.25) is 0 Å². The molecule has 4 heteroatoms. The maximum absolute atomic E-state index is 12.5. The number of para-hydroxylation sites is 1. The Kier molecular flexibility index (Phi) is 4.32. The minimum absolute atomic E-state index is 0.297. The van der Waals surface area contributed by atoms with Crippen LogP contribution in [0.1, 0.15) is 23.0 Å². The highest BCUT2D eigenvalue weighted by Crippen LogP contribution is 2.30. The number of ether oxygens (including phenoxy) is 1. The van der Waals surface area contributed by atoms with Crippen molar-refractivity contribution in [1.82, 2.24) is 9.55 Å². The first-order chi connectivity index (χ1) is 12.8. The van der Waals surface area contributed by atoms with E-state index in [1.165, 1.54) is 0 Å². The third-order valence-corrected chi connectivity index (χ3v) is 4.48. The Balaban J connectivity index is 1.79. The van der Waals surface area contributed by atoms with E-state index < -0.39 is 0 Å². The number of carbonyl (C=O) groups excluding carboxylic acids is 1. The highest BCUT2D eigenvalue weighted by Gasteiger charge is 2.17. The van der Waals surface area contributed by atoms with Gasteiger partial charge in [0, 0.05) is 41.0 Å². The molecular formula is C22H20N2O2. The average molecular weight is 344 g/mol. The standard InChI is InChI=1S/C22H20N2O2/c1-2-26-22(25)21-12-17(15-24(21)14-16-8-4-3-5-9-16)19-13-23-20-11-7-6-10-18(19)20/h3-13,15,23H,2,14H2,1H3. The molecule has 2 aromatic carbocycles. The van der Waals surface area contributed by atoms with Crippen molar-refractivity contribution in [3.05, 3.63) is 84.3 Å². The van der Waals surface area contributed by atoms with Gasteiger partial charge >= 0.3 is 5.97 Å². The molecular weight excluding hydrogens is 324 g/mol. The van der Waals surface area contributed by atoms with Crippen LogP contribution in [-0.4, -0.2) is 22.1 Å². The SMILES string of the molecule is CCOC(=O)c1cc(-c2c[nH]c3ccccc23)cn1Cc1ccccc1. The van der Waals surface area contributed by atoms with Gasteiger partial charge in [-0.15, -0.1) is 0 Å². The first-order valence-corrected chi connectivity index (χ1v) is 8.74. The summed E-state index contributed by atoms with van der Waals surface area (Å²) in [7, 11) is 0. The quantitative estimate of drug-likeness (QED) is 0.526. The smallest absolute Gasteiger partial charge is 0.354 e. The molecule has 0 bridgehead atoms. The third-order valence-electron chi connectivity index (χ3n) is 4.48. The molecule has 0 aliphatic rings. The predicted molar refractivity (Wildman–Crippen MR) is 103 cm³/mol. The summed E-state index contributed by atoms with van der Waals surface area (Å²) < 4.78 is 7.22. The fourth-order valence-electron chi connectivity index (χ4n) is 3.25. The summed E-state index contributed by atoms with van der Waals surface area (Å²) in [5.41, 5.74) is 4.87. The largest absolute Gasteiger partial charge is 0.461 e. The van der Waals surface area contributed by atoms with Gasteiger partial charge < -0.3 is 14.3 Å². The lowest BCUT2D eigenvalue weighted by Crippen LogP contribution is -2.12. The minimum atomic E-state index is -0.297. The number of aromatic amines is 1. The van der Waals surface area contributed by atoms with Crippen molar-refractivity contribution in [2.75, 3.05) is 6.61 Å². The molecule has 0 aliphatic heterocycles. The van der Waals surface area contributed by atoms with Crippen LogP contribution in [0.15, 0.2) is 73.1 Å². The average Bonchev–Trinajstić information content (AvgIpc) is 3.27. The van der Waals surface area contributed by atoms with Crippen LogP contribution < -0.4 is 0 Å². The van der Waals surface area contributed by atoms with Crippen molar-refractivity contribution in [2.24, 2.45) is 0 Å².